The Hall–Kier alpha value is -2.35. The Balaban J connectivity index is 1.85. The van der Waals surface area contributed by atoms with Crippen LogP contribution in [0.4, 0.5) is 11.5 Å². The molecule has 0 saturated heterocycles. The van der Waals surface area contributed by atoms with E-state index in [1.165, 1.54) is 6.20 Å². The van der Waals surface area contributed by atoms with Crippen LogP contribution in [-0.2, 0) is 13.2 Å². The molecule has 0 spiro atoms. The van der Waals surface area contributed by atoms with Gasteiger partial charge in [-0.1, -0.05) is 13.3 Å². The van der Waals surface area contributed by atoms with E-state index in [1.54, 1.807) is 0 Å². The molecule has 0 atom stereocenters. The van der Waals surface area contributed by atoms with Gasteiger partial charge in [-0.05, 0) is 13.3 Å². The molecule has 1 aliphatic heterocycles. The topological polar surface area (TPSA) is 104 Å². The third-order valence-electron chi connectivity index (χ3n) is 3.65. The molecule has 3 rings (SSSR count). The van der Waals surface area contributed by atoms with E-state index < -0.39 is 0 Å². The maximum absolute atomic E-state index is 9.19. The summed E-state index contributed by atoms with van der Waals surface area (Å²) in [7, 11) is 0. The van der Waals surface area contributed by atoms with Crippen LogP contribution in [0.25, 0.3) is 0 Å². The Kier molecular flexibility index (Phi) is 4.10. The molecule has 8 nitrogen and oxygen atoms in total. The van der Waals surface area contributed by atoms with E-state index in [0.29, 0.717) is 17.9 Å². The Labute approximate surface area is 128 Å². The van der Waals surface area contributed by atoms with Crippen LogP contribution in [0.1, 0.15) is 43.1 Å². The van der Waals surface area contributed by atoms with Crippen molar-refractivity contribution in [2.24, 2.45) is 15.2 Å². The van der Waals surface area contributed by atoms with Crippen LogP contribution in [0.15, 0.2) is 21.4 Å². The van der Waals surface area contributed by atoms with Crippen molar-refractivity contribution >= 4 is 17.3 Å². The standard InChI is InChI=1S/C14H19N7O/c1-3-4-5-12-15-7-11-13(9(2)20-21(11)12)17-19-14-10(8-22)6-16-18-14/h6,22H,3-5,7-8H2,1-2H3,(H,16,18). The number of aromatic amines is 1. The van der Waals surface area contributed by atoms with E-state index >= 15 is 0 Å². The number of azo groups is 1. The predicted molar refractivity (Wildman–Crippen MR) is 81.7 cm³/mol. The first-order valence-electron chi connectivity index (χ1n) is 7.41. The lowest BCUT2D eigenvalue weighted by atomic mass is 10.2. The highest BCUT2D eigenvalue weighted by Gasteiger charge is 2.22. The average Bonchev–Trinajstić information content (AvgIpc) is 3.19. The second-order valence-electron chi connectivity index (χ2n) is 5.23. The van der Waals surface area contributed by atoms with Crippen molar-refractivity contribution in [1.82, 2.24) is 20.0 Å². The largest absolute Gasteiger partial charge is 0.391 e. The van der Waals surface area contributed by atoms with E-state index in [0.717, 1.165) is 42.2 Å². The molecule has 22 heavy (non-hydrogen) atoms. The van der Waals surface area contributed by atoms with Gasteiger partial charge in [0.25, 0.3) is 0 Å². The van der Waals surface area contributed by atoms with Crippen LogP contribution in [0.3, 0.4) is 0 Å². The summed E-state index contributed by atoms with van der Waals surface area (Å²) in [6.45, 7) is 4.54. The summed E-state index contributed by atoms with van der Waals surface area (Å²) in [5, 5.41) is 28.7. The SMILES string of the molecule is CCCCC1=NCc2c(N=Nc3[nH]ncc3CO)c(C)nn21. The minimum Gasteiger partial charge on any atom is -0.391 e. The van der Waals surface area contributed by atoms with Gasteiger partial charge in [-0.3, -0.25) is 10.1 Å². The summed E-state index contributed by atoms with van der Waals surface area (Å²) in [5.74, 6) is 1.46. The highest BCUT2D eigenvalue weighted by Crippen LogP contribution is 2.30. The molecule has 0 aromatic carbocycles. The summed E-state index contributed by atoms with van der Waals surface area (Å²) in [6.07, 6.45) is 4.69. The monoisotopic (exact) mass is 301 g/mol. The van der Waals surface area contributed by atoms with Crippen molar-refractivity contribution in [2.45, 2.75) is 46.3 Å². The van der Waals surface area contributed by atoms with Crippen molar-refractivity contribution in [3.8, 4) is 0 Å². The fraction of sp³-hybridized carbons (Fsp3) is 0.500. The molecule has 2 aromatic heterocycles. The molecule has 0 saturated carbocycles. The van der Waals surface area contributed by atoms with Crippen LogP contribution in [0.2, 0.25) is 0 Å². The summed E-state index contributed by atoms with van der Waals surface area (Å²) in [4.78, 5) is 4.54. The number of rotatable bonds is 6. The second-order valence-corrected chi connectivity index (χ2v) is 5.23. The molecule has 0 radical (unpaired) electrons. The molecule has 2 N–H and O–H groups in total. The molecular weight excluding hydrogens is 282 g/mol. The number of aliphatic hydroxyl groups excluding tert-OH is 1. The van der Waals surface area contributed by atoms with Crippen molar-refractivity contribution in [2.75, 3.05) is 0 Å². The number of aliphatic hydroxyl groups is 1. The Bertz CT molecular complexity index is 726. The normalized spacial score (nSPS) is 13.9. The predicted octanol–water partition coefficient (Wildman–Crippen LogP) is 2.77. The smallest absolute Gasteiger partial charge is 0.175 e. The zero-order chi connectivity index (χ0) is 15.5. The third-order valence-corrected chi connectivity index (χ3v) is 3.65. The number of nitrogens with zero attached hydrogens (tertiary/aromatic N) is 6. The van der Waals surface area contributed by atoms with Crippen LogP contribution in [0.5, 0.6) is 0 Å². The Morgan fingerprint density at radius 3 is 3.05 bits per heavy atom. The molecule has 0 unspecified atom stereocenters. The summed E-state index contributed by atoms with van der Waals surface area (Å²) in [5.41, 5.74) is 3.16. The first-order chi connectivity index (χ1) is 10.7. The third kappa shape index (κ3) is 2.57. The molecule has 3 heterocycles. The van der Waals surface area contributed by atoms with E-state index in [9.17, 15) is 5.11 Å². The number of H-pyrrole nitrogens is 1. The second kappa shape index (κ2) is 6.18. The van der Waals surface area contributed by atoms with Gasteiger partial charge in [-0.15, -0.1) is 10.2 Å². The summed E-state index contributed by atoms with van der Waals surface area (Å²) < 4.78 is 1.89. The van der Waals surface area contributed by atoms with Gasteiger partial charge in [0.1, 0.15) is 11.5 Å². The molecular formula is C14H19N7O. The average molecular weight is 301 g/mol. The van der Waals surface area contributed by atoms with Crippen molar-refractivity contribution in [3.05, 3.63) is 23.1 Å². The van der Waals surface area contributed by atoms with Crippen LogP contribution in [0, 0.1) is 6.92 Å². The van der Waals surface area contributed by atoms with Crippen LogP contribution in [-0.4, -0.2) is 30.9 Å². The number of aromatic nitrogens is 4. The minimum atomic E-state index is -0.125. The number of hydrogen-bond acceptors (Lipinski definition) is 6. The lowest BCUT2D eigenvalue weighted by molar-refractivity contribution is 0.282. The minimum absolute atomic E-state index is 0.125. The number of aryl methyl sites for hydroxylation is 1. The van der Waals surface area contributed by atoms with Crippen molar-refractivity contribution in [3.63, 3.8) is 0 Å². The van der Waals surface area contributed by atoms with Gasteiger partial charge in [0, 0.05) is 12.0 Å². The first-order valence-corrected chi connectivity index (χ1v) is 7.41. The Morgan fingerprint density at radius 2 is 2.27 bits per heavy atom. The maximum Gasteiger partial charge on any atom is 0.175 e. The van der Waals surface area contributed by atoms with Crippen molar-refractivity contribution in [1.29, 1.82) is 0 Å². The highest BCUT2D eigenvalue weighted by atomic mass is 16.3. The zero-order valence-corrected chi connectivity index (χ0v) is 12.7. The molecule has 0 bridgehead atoms. The van der Waals surface area contributed by atoms with Crippen molar-refractivity contribution < 1.29 is 5.11 Å². The quantitative estimate of drug-likeness (QED) is 0.801. The number of nitrogens with one attached hydrogen (secondary N) is 1. The number of aliphatic imine (C=N–C) groups is 1. The number of hydrogen-bond donors (Lipinski definition) is 2. The molecule has 1 aliphatic rings. The number of unbranched alkanes of at least 4 members (excludes halogenated alkanes) is 1. The lowest BCUT2D eigenvalue weighted by Crippen LogP contribution is -2.10. The van der Waals surface area contributed by atoms with Gasteiger partial charge in [-0.25, -0.2) is 4.68 Å². The Morgan fingerprint density at radius 1 is 1.41 bits per heavy atom. The molecule has 0 amide bonds. The van der Waals surface area contributed by atoms with Gasteiger partial charge in [0.15, 0.2) is 5.82 Å². The fourth-order valence-corrected chi connectivity index (χ4v) is 2.41. The zero-order valence-electron chi connectivity index (χ0n) is 12.7. The van der Waals surface area contributed by atoms with E-state index in [-0.39, 0.29) is 6.61 Å². The maximum atomic E-state index is 9.19. The van der Waals surface area contributed by atoms with Gasteiger partial charge >= 0.3 is 0 Å². The van der Waals surface area contributed by atoms with E-state index in [2.05, 4.69) is 37.4 Å². The number of fused-ring (bicyclic) bond motifs is 1. The van der Waals surface area contributed by atoms with Gasteiger partial charge < -0.3 is 5.11 Å². The lowest BCUT2D eigenvalue weighted by Gasteiger charge is -2.00. The molecule has 0 aliphatic carbocycles. The summed E-state index contributed by atoms with van der Waals surface area (Å²) >= 11 is 0. The molecule has 0 fully saturated rings. The van der Waals surface area contributed by atoms with Crippen LogP contribution >= 0.6 is 0 Å². The van der Waals surface area contributed by atoms with E-state index in [1.807, 2.05) is 11.6 Å². The van der Waals surface area contributed by atoms with Crippen LogP contribution < -0.4 is 0 Å². The summed E-state index contributed by atoms with van der Waals surface area (Å²) in [6, 6.07) is 0. The van der Waals surface area contributed by atoms with Gasteiger partial charge in [-0.2, -0.15) is 10.2 Å². The fourth-order valence-electron chi connectivity index (χ4n) is 2.41. The van der Waals surface area contributed by atoms with Gasteiger partial charge in [0.05, 0.1) is 30.7 Å². The molecule has 2 aromatic rings. The van der Waals surface area contributed by atoms with E-state index in [4.69, 9.17) is 0 Å². The molecule has 8 heteroatoms. The van der Waals surface area contributed by atoms with Gasteiger partial charge in [0.2, 0.25) is 0 Å². The highest BCUT2D eigenvalue weighted by molar-refractivity contribution is 5.87. The first kappa shape index (κ1) is 14.6. The molecule has 116 valence electrons.